The van der Waals surface area contributed by atoms with Crippen LogP contribution in [0.1, 0.15) is 6.42 Å². The Kier molecular flexibility index (Phi) is 6.20. The van der Waals surface area contributed by atoms with Crippen molar-refractivity contribution >= 4 is 31.4 Å². The minimum absolute atomic E-state index is 0.00341. The Balaban J connectivity index is 1.72. The van der Waals surface area contributed by atoms with E-state index in [0.29, 0.717) is 5.75 Å². The molecule has 0 bridgehead atoms. The number of nitrogens with zero attached hydrogens (tertiary/aromatic N) is 3. The molecule has 13 nitrogen and oxygen atoms in total. The summed E-state index contributed by atoms with van der Waals surface area (Å²) in [6, 6.07) is 8.66. The number of aromatic nitrogens is 4. The van der Waals surface area contributed by atoms with E-state index in [4.69, 9.17) is 25.2 Å². The molecule has 4 rings (SSSR count). The number of ketones is 1. The lowest BCUT2D eigenvalue weighted by atomic mass is 10.0. The second-order valence-electron chi connectivity index (χ2n) is 7.07. The Labute approximate surface area is 181 Å². The van der Waals surface area contributed by atoms with Gasteiger partial charge in [-0.25, -0.2) is 4.98 Å². The number of ether oxygens (including phenoxy) is 2. The second kappa shape index (κ2) is 8.90. The molecule has 0 aliphatic carbocycles. The van der Waals surface area contributed by atoms with Gasteiger partial charge in [0.05, 0.1) is 12.7 Å². The molecule has 0 spiro atoms. The lowest BCUT2D eigenvalue weighted by Gasteiger charge is -2.29. The number of imidazole rings is 1. The van der Waals surface area contributed by atoms with Gasteiger partial charge in [0.25, 0.3) is 5.56 Å². The number of nitrogen functional groups attached to an aromatic ring is 1. The molecule has 4 atom stereocenters. The summed E-state index contributed by atoms with van der Waals surface area (Å²) >= 11 is 0. The molecule has 1 aromatic carbocycles. The van der Waals surface area contributed by atoms with Gasteiger partial charge in [-0.1, -0.05) is 18.2 Å². The number of rotatable bonds is 8. The number of Topliss-reactive ketones (excluding diaryl/α,β-unsaturated/α-hetero) is 1. The molecule has 170 valence electrons. The van der Waals surface area contributed by atoms with Crippen molar-refractivity contribution in [2.24, 2.45) is 5.50 Å². The van der Waals surface area contributed by atoms with E-state index in [1.807, 2.05) is 0 Å². The van der Waals surface area contributed by atoms with Gasteiger partial charge < -0.3 is 29.7 Å². The van der Waals surface area contributed by atoms with Crippen LogP contribution in [0.4, 0.5) is 5.95 Å². The third kappa shape index (κ3) is 4.21. The summed E-state index contributed by atoms with van der Waals surface area (Å²) < 4.78 is 17.8. The van der Waals surface area contributed by atoms with Crippen LogP contribution in [0.5, 0.6) is 5.75 Å². The predicted octanol–water partition coefficient (Wildman–Crippen LogP) is -0.653. The Bertz CT molecular complexity index is 1170. The number of fused-ring (bicyclic) bond motifs is 1. The van der Waals surface area contributed by atoms with Gasteiger partial charge in [-0.2, -0.15) is 4.98 Å². The molecule has 32 heavy (non-hydrogen) atoms. The standard InChI is InChI=1S/C18H21N6O7P/c19-17-22-15-14(16(27)23-17)21-9-24(15)18(6-11(25)12(31-18)7-30-32(20)28)13(26)8-29-10-4-2-1-3-5-10/h1-5,9,11-12,25,28H,6-8,20H2,(H3,19,22,23,27)/t11-,12+,18-,32?/m0/s1. The van der Waals surface area contributed by atoms with Crippen LogP contribution < -0.4 is 21.5 Å². The summed E-state index contributed by atoms with van der Waals surface area (Å²) in [5.41, 5.74) is 8.45. The van der Waals surface area contributed by atoms with Crippen molar-refractivity contribution in [2.75, 3.05) is 18.9 Å². The lowest BCUT2D eigenvalue weighted by Crippen LogP contribution is -2.45. The molecule has 3 aromatic rings. The van der Waals surface area contributed by atoms with Gasteiger partial charge in [0.2, 0.25) is 26.0 Å². The molecule has 0 amide bonds. The van der Waals surface area contributed by atoms with Crippen molar-refractivity contribution in [2.45, 2.75) is 24.4 Å². The highest BCUT2D eigenvalue weighted by molar-refractivity contribution is 7.43. The van der Waals surface area contributed by atoms with E-state index in [1.165, 1.54) is 10.9 Å². The number of anilines is 1. The molecular formula is C18H21N6O7P. The third-order valence-corrected chi connectivity index (χ3v) is 5.41. The number of aliphatic hydroxyl groups excluding tert-OH is 1. The largest absolute Gasteiger partial charge is 0.486 e. The second-order valence-corrected chi connectivity index (χ2v) is 7.94. The molecule has 1 fully saturated rings. The van der Waals surface area contributed by atoms with E-state index in [9.17, 15) is 19.6 Å². The number of nitrogens with one attached hydrogen (secondary N) is 1. The lowest BCUT2D eigenvalue weighted by molar-refractivity contribution is -0.162. The first kappa shape index (κ1) is 22.3. The van der Waals surface area contributed by atoms with Gasteiger partial charge in [-0.15, -0.1) is 0 Å². The maximum atomic E-state index is 13.4. The average Bonchev–Trinajstić information content (AvgIpc) is 3.33. The summed E-state index contributed by atoms with van der Waals surface area (Å²) in [6.07, 6.45) is -1.17. The molecule has 1 saturated heterocycles. The summed E-state index contributed by atoms with van der Waals surface area (Å²) in [7, 11) is -2.20. The van der Waals surface area contributed by atoms with Crippen LogP contribution in [0.2, 0.25) is 0 Å². The zero-order valence-electron chi connectivity index (χ0n) is 16.6. The first-order chi connectivity index (χ1) is 15.3. The molecule has 0 radical (unpaired) electrons. The van der Waals surface area contributed by atoms with Crippen molar-refractivity contribution in [1.29, 1.82) is 0 Å². The van der Waals surface area contributed by atoms with Gasteiger partial charge in [-0.05, 0) is 12.1 Å². The Morgan fingerprint density at radius 3 is 2.88 bits per heavy atom. The fourth-order valence-corrected chi connectivity index (χ4v) is 3.82. The summed E-state index contributed by atoms with van der Waals surface area (Å²) in [6.45, 7) is -0.677. The zero-order valence-corrected chi connectivity index (χ0v) is 17.5. The molecular weight excluding hydrogens is 443 g/mol. The molecule has 3 heterocycles. The molecule has 1 unspecified atom stereocenters. The van der Waals surface area contributed by atoms with Gasteiger partial charge in [0.15, 0.2) is 17.8 Å². The summed E-state index contributed by atoms with van der Waals surface area (Å²) in [4.78, 5) is 45.3. The van der Waals surface area contributed by atoms with Crippen LogP contribution >= 0.6 is 8.53 Å². The van der Waals surface area contributed by atoms with E-state index in [1.54, 1.807) is 30.3 Å². The predicted molar refractivity (Wildman–Crippen MR) is 112 cm³/mol. The van der Waals surface area contributed by atoms with Crippen molar-refractivity contribution in [3.8, 4) is 5.75 Å². The summed E-state index contributed by atoms with van der Waals surface area (Å²) in [5.74, 6) is -0.292. The van der Waals surface area contributed by atoms with E-state index < -0.39 is 44.4 Å². The van der Waals surface area contributed by atoms with Gasteiger partial charge in [0, 0.05) is 6.42 Å². The molecule has 14 heteroatoms. The van der Waals surface area contributed by atoms with Crippen LogP contribution in [-0.4, -0.2) is 60.7 Å². The van der Waals surface area contributed by atoms with E-state index in [0.717, 1.165) is 0 Å². The number of H-pyrrole nitrogens is 1. The minimum atomic E-state index is -2.20. The minimum Gasteiger partial charge on any atom is -0.486 e. The number of benzene rings is 1. The monoisotopic (exact) mass is 464 g/mol. The number of carbonyl (C=O) groups excluding carboxylic acids is 1. The highest BCUT2D eigenvalue weighted by Crippen LogP contribution is 2.39. The quantitative estimate of drug-likeness (QED) is 0.265. The van der Waals surface area contributed by atoms with Crippen LogP contribution in [0, 0.1) is 0 Å². The maximum absolute atomic E-state index is 13.4. The highest BCUT2D eigenvalue weighted by Gasteiger charge is 2.53. The zero-order chi connectivity index (χ0) is 22.9. The first-order valence-corrected chi connectivity index (χ1v) is 10.8. The maximum Gasteiger partial charge on any atom is 0.280 e. The van der Waals surface area contributed by atoms with Crippen molar-refractivity contribution < 1.29 is 28.8 Å². The number of aromatic amines is 1. The highest BCUT2D eigenvalue weighted by atomic mass is 31.2. The number of aliphatic hydroxyl groups is 1. The van der Waals surface area contributed by atoms with Crippen molar-refractivity contribution in [1.82, 2.24) is 19.5 Å². The van der Waals surface area contributed by atoms with Crippen molar-refractivity contribution in [3.63, 3.8) is 0 Å². The molecule has 1 aliphatic rings. The number of carbonyl (C=O) groups is 1. The Morgan fingerprint density at radius 2 is 2.16 bits per heavy atom. The van der Waals surface area contributed by atoms with Gasteiger partial charge in [0.1, 0.15) is 18.2 Å². The van der Waals surface area contributed by atoms with E-state index in [2.05, 4.69) is 15.0 Å². The van der Waals surface area contributed by atoms with Crippen molar-refractivity contribution in [3.05, 3.63) is 47.0 Å². The van der Waals surface area contributed by atoms with Crippen LogP contribution in [0.25, 0.3) is 11.2 Å². The number of hydrogen-bond donors (Lipinski definition) is 5. The van der Waals surface area contributed by atoms with E-state index in [-0.39, 0.29) is 30.1 Å². The number of nitrogens with two attached hydrogens (primary N) is 2. The van der Waals surface area contributed by atoms with Crippen LogP contribution in [-0.2, 0) is 19.8 Å². The molecule has 1 aliphatic heterocycles. The third-order valence-electron chi connectivity index (χ3n) is 5.00. The molecule has 0 saturated carbocycles. The topological polar surface area (TPSA) is 201 Å². The normalized spacial score (nSPS) is 24.0. The Hall–Kier alpha value is -2.93. The van der Waals surface area contributed by atoms with Gasteiger partial charge in [-0.3, -0.25) is 24.6 Å². The Morgan fingerprint density at radius 1 is 1.41 bits per heavy atom. The van der Waals surface area contributed by atoms with Crippen LogP contribution in [0.15, 0.2) is 41.5 Å². The fourth-order valence-electron chi connectivity index (χ4n) is 3.53. The SMILES string of the molecule is Nc1nc2c(ncn2[C@@]2(C(=O)COc3ccccc3)C[C@H](O)[C@@H](COP(N)O)O2)c(=O)[nH]1. The van der Waals surface area contributed by atoms with Crippen LogP contribution in [0.3, 0.4) is 0 Å². The summed E-state index contributed by atoms with van der Waals surface area (Å²) in [5, 5.41) is 10.6. The fraction of sp³-hybridized carbons (Fsp3) is 0.333. The van der Waals surface area contributed by atoms with Gasteiger partial charge >= 0.3 is 0 Å². The number of para-hydroxylation sites is 1. The number of hydrogen-bond acceptors (Lipinski definition) is 11. The first-order valence-electron chi connectivity index (χ1n) is 9.47. The van der Waals surface area contributed by atoms with E-state index >= 15 is 0 Å². The molecule has 7 N–H and O–H groups in total. The molecule has 2 aromatic heterocycles. The average molecular weight is 464 g/mol. The smallest absolute Gasteiger partial charge is 0.280 e.